The number of carbonyl (C=O) groups is 4. The molecule has 3 unspecified atom stereocenters. The van der Waals surface area contributed by atoms with Crippen molar-refractivity contribution < 1.29 is 29.4 Å². The van der Waals surface area contributed by atoms with E-state index >= 15 is 0 Å². The summed E-state index contributed by atoms with van der Waals surface area (Å²) in [6, 6.07) is -3.33. The first-order valence-electron chi connectivity index (χ1n) is 9.01. The molecular formula is C16H31N7O6. The minimum Gasteiger partial charge on any atom is -0.480 e. The summed E-state index contributed by atoms with van der Waals surface area (Å²) in [4.78, 5) is 51.0. The summed E-state index contributed by atoms with van der Waals surface area (Å²) >= 11 is 0. The van der Waals surface area contributed by atoms with E-state index in [1.165, 1.54) is 0 Å². The fourth-order valence-corrected chi connectivity index (χ4v) is 2.16. The first-order valence-corrected chi connectivity index (χ1v) is 9.01. The Hall–Kier alpha value is -2.93. The van der Waals surface area contributed by atoms with Crippen molar-refractivity contribution in [3.63, 3.8) is 0 Å². The number of aliphatic hydroxyl groups excluding tert-OH is 1. The molecule has 0 aliphatic carbocycles. The van der Waals surface area contributed by atoms with Gasteiger partial charge in [0.2, 0.25) is 17.7 Å². The zero-order chi connectivity index (χ0) is 22.6. The lowest BCUT2D eigenvalue weighted by Crippen LogP contribution is -2.55. The van der Waals surface area contributed by atoms with Crippen molar-refractivity contribution in [3.8, 4) is 0 Å². The Morgan fingerprint density at radius 1 is 1.07 bits per heavy atom. The maximum absolute atomic E-state index is 12.3. The van der Waals surface area contributed by atoms with Gasteiger partial charge in [-0.15, -0.1) is 0 Å². The number of aliphatic imine (C=N–C) groups is 1. The van der Waals surface area contributed by atoms with Crippen LogP contribution in [0.1, 0.15) is 26.7 Å². The lowest BCUT2D eigenvalue weighted by molar-refractivity contribution is -0.142. The fraction of sp³-hybridized carbons (Fsp3) is 0.688. The quantitative estimate of drug-likeness (QED) is 0.0831. The number of rotatable bonds is 13. The molecule has 166 valence electrons. The lowest BCUT2D eigenvalue weighted by atomic mass is 10.0. The standard InChI is InChI=1S/C16H31N7O6/c1-8(2)12(23-13(26)9(17)7-24)14(27)21-6-11(25)22-10(15(28)29)4-3-5-20-16(18)19/h8-10,12,24H,3-7,17H2,1-2H3,(H,21,27)(H,22,25)(H,23,26)(H,28,29)(H4,18,19,20). The van der Waals surface area contributed by atoms with Gasteiger partial charge in [-0.05, 0) is 18.8 Å². The fourth-order valence-electron chi connectivity index (χ4n) is 2.16. The van der Waals surface area contributed by atoms with E-state index in [0.717, 1.165) is 0 Å². The Bertz CT molecular complexity index is 607. The average molecular weight is 417 g/mol. The number of nitrogens with zero attached hydrogens (tertiary/aromatic N) is 1. The number of guanidine groups is 1. The second-order valence-electron chi connectivity index (χ2n) is 6.64. The number of nitrogens with two attached hydrogens (primary N) is 3. The summed E-state index contributed by atoms with van der Waals surface area (Å²) in [5.41, 5.74) is 15.7. The predicted octanol–water partition coefficient (Wildman–Crippen LogP) is -3.81. The molecule has 0 saturated carbocycles. The van der Waals surface area contributed by atoms with Crippen LogP contribution in [0.2, 0.25) is 0 Å². The first kappa shape index (κ1) is 26.1. The van der Waals surface area contributed by atoms with Gasteiger partial charge in [0.15, 0.2) is 5.96 Å². The van der Waals surface area contributed by atoms with E-state index in [9.17, 15) is 24.3 Å². The van der Waals surface area contributed by atoms with Crippen molar-refractivity contribution in [3.05, 3.63) is 0 Å². The maximum Gasteiger partial charge on any atom is 0.326 e. The molecule has 0 bridgehead atoms. The zero-order valence-corrected chi connectivity index (χ0v) is 16.6. The van der Waals surface area contributed by atoms with Crippen LogP contribution < -0.4 is 33.2 Å². The third kappa shape index (κ3) is 10.8. The lowest BCUT2D eigenvalue weighted by Gasteiger charge is -2.23. The third-order valence-electron chi connectivity index (χ3n) is 3.78. The molecule has 0 saturated heterocycles. The van der Waals surface area contributed by atoms with Crippen LogP contribution in [-0.2, 0) is 19.2 Å². The summed E-state index contributed by atoms with van der Waals surface area (Å²) in [7, 11) is 0. The van der Waals surface area contributed by atoms with Crippen LogP contribution in [0, 0.1) is 5.92 Å². The van der Waals surface area contributed by atoms with E-state index < -0.39 is 55.0 Å². The van der Waals surface area contributed by atoms with Gasteiger partial charge < -0.3 is 43.4 Å². The van der Waals surface area contributed by atoms with Crippen molar-refractivity contribution in [1.82, 2.24) is 16.0 Å². The highest BCUT2D eigenvalue weighted by Crippen LogP contribution is 2.02. The molecule has 0 aliphatic rings. The van der Waals surface area contributed by atoms with Gasteiger partial charge in [-0.25, -0.2) is 4.79 Å². The molecule has 11 N–H and O–H groups in total. The van der Waals surface area contributed by atoms with E-state index in [-0.39, 0.29) is 24.8 Å². The van der Waals surface area contributed by atoms with Gasteiger partial charge in [0.1, 0.15) is 18.1 Å². The molecule has 0 spiro atoms. The van der Waals surface area contributed by atoms with Crippen LogP contribution in [0.4, 0.5) is 0 Å². The topological polar surface area (TPSA) is 235 Å². The highest BCUT2D eigenvalue weighted by atomic mass is 16.4. The molecule has 0 radical (unpaired) electrons. The predicted molar refractivity (Wildman–Crippen MR) is 104 cm³/mol. The van der Waals surface area contributed by atoms with Gasteiger partial charge in [-0.1, -0.05) is 13.8 Å². The molecule has 0 aromatic heterocycles. The second kappa shape index (κ2) is 13.3. The molecular weight excluding hydrogens is 386 g/mol. The van der Waals surface area contributed by atoms with Crippen LogP contribution in [0.3, 0.4) is 0 Å². The number of carbonyl (C=O) groups excluding carboxylic acids is 3. The smallest absolute Gasteiger partial charge is 0.326 e. The Morgan fingerprint density at radius 3 is 2.17 bits per heavy atom. The molecule has 3 amide bonds. The van der Waals surface area contributed by atoms with Gasteiger partial charge in [-0.3, -0.25) is 19.4 Å². The average Bonchev–Trinajstić information content (AvgIpc) is 2.64. The van der Waals surface area contributed by atoms with Crippen molar-refractivity contribution in [1.29, 1.82) is 0 Å². The van der Waals surface area contributed by atoms with Crippen LogP contribution in [0.15, 0.2) is 4.99 Å². The van der Waals surface area contributed by atoms with Gasteiger partial charge in [-0.2, -0.15) is 0 Å². The number of hydrogen-bond donors (Lipinski definition) is 8. The van der Waals surface area contributed by atoms with Crippen LogP contribution in [-0.4, -0.2) is 77.7 Å². The normalized spacial score (nSPS) is 13.7. The minimum atomic E-state index is -1.24. The van der Waals surface area contributed by atoms with Crippen molar-refractivity contribution in [2.75, 3.05) is 19.7 Å². The Labute approximate surface area is 168 Å². The van der Waals surface area contributed by atoms with Crippen molar-refractivity contribution in [2.45, 2.75) is 44.8 Å². The Morgan fingerprint density at radius 2 is 1.69 bits per heavy atom. The third-order valence-corrected chi connectivity index (χ3v) is 3.78. The largest absolute Gasteiger partial charge is 0.480 e. The van der Waals surface area contributed by atoms with E-state index in [4.69, 9.17) is 22.3 Å². The Kier molecular flexibility index (Phi) is 11.9. The second-order valence-corrected chi connectivity index (χ2v) is 6.64. The molecule has 0 heterocycles. The molecule has 0 aromatic rings. The summed E-state index contributed by atoms with van der Waals surface area (Å²) < 4.78 is 0. The highest BCUT2D eigenvalue weighted by molar-refractivity contribution is 5.92. The maximum atomic E-state index is 12.3. The highest BCUT2D eigenvalue weighted by Gasteiger charge is 2.27. The number of aliphatic carboxylic acids is 1. The van der Waals surface area contributed by atoms with Gasteiger partial charge in [0.25, 0.3) is 0 Å². The van der Waals surface area contributed by atoms with E-state index in [0.29, 0.717) is 6.42 Å². The van der Waals surface area contributed by atoms with E-state index in [1.807, 2.05) is 0 Å². The van der Waals surface area contributed by atoms with Crippen LogP contribution >= 0.6 is 0 Å². The monoisotopic (exact) mass is 417 g/mol. The summed E-state index contributed by atoms with van der Waals surface area (Å²) in [5, 5.41) is 25.1. The molecule has 13 heteroatoms. The minimum absolute atomic E-state index is 0.0928. The van der Waals surface area contributed by atoms with Gasteiger partial charge in [0, 0.05) is 6.54 Å². The van der Waals surface area contributed by atoms with E-state index in [2.05, 4.69) is 20.9 Å². The molecule has 0 aromatic carbocycles. The van der Waals surface area contributed by atoms with Crippen molar-refractivity contribution in [2.24, 2.45) is 28.1 Å². The summed E-state index contributed by atoms with van der Waals surface area (Å²) in [5.74, 6) is -3.75. The SMILES string of the molecule is CC(C)C(NC(=O)C(N)CO)C(=O)NCC(=O)NC(CCCN=C(N)N)C(=O)O. The van der Waals surface area contributed by atoms with Crippen molar-refractivity contribution >= 4 is 29.7 Å². The van der Waals surface area contributed by atoms with Gasteiger partial charge in [0.05, 0.1) is 13.2 Å². The number of amides is 3. The van der Waals surface area contributed by atoms with Crippen LogP contribution in [0.25, 0.3) is 0 Å². The van der Waals surface area contributed by atoms with E-state index in [1.54, 1.807) is 13.8 Å². The summed E-state index contributed by atoms with van der Waals surface area (Å²) in [6.45, 7) is 2.49. The molecule has 29 heavy (non-hydrogen) atoms. The summed E-state index contributed by atoms with van der Waals surface area (Å²) in [6.07, 6.45) is 0.420. The molecule has 13 nitrogen and oxygen atoms in total. The number of aliphatic hydroxyl groups is 1. The molecule has 0 rings (SSSR count). The number of carboxylic acid groups (broad SMARTS) is 1. The number of nitrogens with one attached hydrogen (secondary N) is 3. The number of hydrogen-bond acceptors (Lipinski definition) is 7. The van der Waals surface area contributed by atoms with Crippen LogP contribution in [0.5, 0.6) is 0 Å². The molecule has 0 aliphatic heterocycles. The number of carboxylic acids is 1. The molecule has 0 fully saturated rings. The first-order chi connectivity index (χ1) is 13.5. The Balaban J connectivity index is 4.65. The van der Waals surface area contributed by atoms with Gasteiger partial charge >= 0.3 is 5.97 Å². The molecule has 3 atom stereocenters. The zero-order valence-electron chi connectivity index (χ0n) is 16.6.